The van der Waals surface area contributed by atoms with E-state index in [1.807, 2.05) is 17.0 Å². The fourth-order valence-electron chi connectivity index (χ4n) is 3.46. The number of nitrogens with one attached hydrogen (secondary N) is 1. The Morgan fingerprint density at radius 3 is 2.39 bits per heavy atom. The topological polar surface area (TPSA) is 35.6 Å². The lowest BCUT2D eigenvalue weighted by Gasteiger charge is -2.32. The molecule has 0 aromatic heterocycles. The van der Waals surface area contributed by atoms with Crippen LogP contribution in [0.5, 0.6) is 0 Å². The van der Waals surface area contributed by atoms with Crippen molar-refractivity contribution in [3.8, 4) is 0 Å². The molecule has 1 aromatic rings. The lowest BCUT2D eigenvalue weighted by Crippen LogP contribution is -2.49. The van der Waals surface area contributed by atoms with Crippen molar-refractivity contribution in [2.45, 2.75) is 32.2 Å². The van der Waals surface area contributed by atoms with Crippen molar-refractivity contribution in [3.05, 3.63) is 35.4 Å². The summed E-state index contributed by atoms with van der Waals surface area (Å²) in [4.78, 5) is 17.2. The number of amides is 1. The van der Waals surface area contributed by atoms with Gasteiger partial charge in [0, 0.05) is 50.9 Å². The molecule has 1 amide bonds. The van der Waals surface area contributed by atoms with Crippen LogP contribution >= 0.6 is 12.4 Å². The van der Waals surface area contributed by atoms with Crippen molar-refractivity contribution < 1.29 is 4.79 Å². The second-order valence-corrected chi connectivity index (χ2v) is 6.76. The molecule has 4 nitrogen and oxygen atoms in total. The quantitative estimate of drug-likeness (QED) is 0.919. The molecule has 0 spiro atoms. The summed E-state index contributed by atoms with van der Waals surface area (Å²) in [5, 5.41) is 3.39. The fraction of sp³-hybridized carbons (Fsp3) is 0.611. The summed E-state index contributed by atoms with van der Waals surface area (Å²) < 4.78 is 0. The average Bonchev–Trinajstić information content (AvgIpc) is 3.05. The number of carbonyl (C=O) groups excluding carboxylic acids is 1. The van der Waals surface area contributed by atoms with E-state index in [4.69, 9.17) is 0 Å². The first kappa shape index (κ1) is 18.2. The van der Waals surface area contributed by atoms with Crippen molar-refractivity contribution >= 4 is 18.3 Å². The lowest BCUT2D eigenvalue weighted by molar-refractivity contribution is 0.0773. The fourth-order valence-corrected chi connectivity index (χ4v) is 3.46. The number of piperazine rings is 1. The van der Waals surface area contributed by atoms with Gasteiger partial charge in [-0.15, -0.1) is 12.4 Å². The van der Waals surface area contributed by atoms with Crippen LogP contribution in [0.25, 0.3) is 0 Å². The van der Waals surface area contributed by atoms with E-state index in [9.17, 15) is 4.79 Å². The van der Waals surface area contributed by atoms with Crippen LogP contribution in [0.4, 0.5) is 0 Å². The minimum Gasteiger partial charge on any atom is -0.337 e. The summed E-state index contributed by atoms with van der Waals surface area (Å²) in [5.41, 5.74) is 2.11. The third-order valence-corrected chi connectivity index (χ3v) is 4.94. The molecule has 5 heteroatoms. The van der Waals surface area contributed by atoms with Gasteiger partial charge in [0.15, 0.2) is 0 Å². The Balaban J connectivity index is 0.00000192. The Kier molecular flexibility index (Phi) is 6.45. The van der Waals surface area contributed by atoms with Gasteiger partial charge >= 0.3 is 0 Å². The molecular weight excluding hydrogens is 310 g/mol. The van der Waals surface area contributed by atoms with Crippen molar-refractivity contribution in [1.29, 1.82) is 0 Å². The van der Waals surface area contributed by atoms with E-state index >= 15 is 0 Å². The molecule has 1 N–H and O–H groups in total. The van der Waals surface area contributed by atoms with E-state index in [0.29, 0.717) is 12.0 Å². The number of likely N-dealkylation sites (tertiary alicyclic amines) is 1. The highest BCUT2D eigenvalue weighted by Gasteiger charge is 2.31. The molecule has 2 aliphatic heterocycles. The normalized spacial score (nSPS) is 22.2. The van der Waals surface area contributed by atoms with E-state index in [-0.39, 0.29) is 18.3 Å². The van der Waals surface area contributed by atoms with Gasteiger partial charge in [0.25, 0.3) is 5.91 Å². The van der Waals surface area contributed by atoms with E-state index in [1.54, 1.807) is 0 Å². The predicted octanol–water partition coefficient (Wildman–Crippen LogP) is 2.35. The monoisotopic (exact) mass is 337 g/mol. The SMILES string of the molecule is CC(C)c1ccc(C(=O)N2CCC(N3CCNCC3)C2)cc1.Cl. The maximum Gasteiger partial charge on any atom is 0.253 e. The third-order valence-electron chi connectivity index (χ3n) is 4.94. The van der Waals surface area contributed by atoms with Gasteiger partial charge in [-0.2, -0.15) is 0 Å². The number of hydrogen-bond acceptors (Lipinski definition) is 3. The summed E-state index contributed by atoms with van der Waals surface area (Å²) in [5.74, 6) is 0.695. The largest absolute Gasteiger partial charge is 0.337 e. The van der Waals surface area contributed by atoms with Crippen molar-refractivity contribution in [2.75, 3.05) is 39.3 Å². The van der Waals surface area contributed by atoms with Gasteiger partial charge < -0.3 is 10.2 Å². The number of carbonyl (C=O) groups is 1. The number of halogens is 1. The van der Waals surface area contributed by atoms with E-state index < -0.39 is 0 Å². The van der Waals surface area contributed by atoms with Gasteiger partial charge in [-0.1, -0.05) is 26.0 Å². The molecule has 2 fully saturated rings. The van der Waals surface area contributed by atoms with E-state index in [0.717, 1.165) is 51.3 Å². The molecule has 0 radical (unpaired) electrons. The van der Waals surface area contributed by atoms with Crippen LogP contribution < -0.4 is 5.32 Å². The van der Waals surface area contributed by atoms with Gasteiger partial charge in [0.05, 0.1) is 0 Å². The van der Waals surface area contributed by atoms with Gasteiger partial charge in [-0.3, -0.25) is 9.69 Å². The number of benzene rings is 1. The second kappa shape index (κ2) is 8.13. The zero-order chi connectivity index (χ0) is 15.5. The molecule has 23 heavy (non-hydrogen) atoms. The molecule has 3 rings (SSSR count). The smallest absolute Gasteiger partial charge is 0.253 e. The molecule has 1 unspecified atom stereocenters. The van der Waals surface area contributed by atoms with E-state index in [2.05, 4.69) is 36.2 Å². The first-order valence-electron chi connectivity index (χ1n) is 8.49. The maximum absolute atomic E-state index is 12.7. The summed E-state index contributed by atoms with van der Waals surface area (Å²) in [6, 6.07) is 8.68. The molecule has 2 heterocycles. The zero-order valence-corrected chi connectivity index (χ0v) is 14.9. The minimum atomic E-state index is 0. The Morgan fingerprint density at radius 1 is 1.13 bits per heavy atom. The van der Waals surface area contributed by atoms with E-state index in [1.165, 1.54) is 5.56 Å². The summed E-state index contributed by atoms with van der Waals surface area (Å²) in [7, 11) is 0. The highest BCUT2D eigenvalue weighted by atomic mass is 35.5. The Morgan fingerprint density at radius 2 is 1.78 bits per heavy atom. The maximum atomic E-state index is 12.7. The molecule has 0 aliphatic carbocycles. The first-order chi connectivity index (χ1) is 10.6. The molecular formula is C18H28ClN3O. The number of hydrogen-bond donors (Lipinski definition) is 1. The van der Waals surface area contributed by atoms with Crippen molar-refractivity contribution in [2.24, 2.45) is 0 Å². The van der Waals surface area contributed by atoms with Crippen LogP contribution in [0.1, 0.15) is 42.1 Å². The molecule has 1 atom stereocenters. The standard InChI is InChI=1S/C18H27N3O.ClH/c1-14(2)15-3-5-16(6-4-15)18(22)21-10-7-17(13-21)20-11-8-19-9-12-20;/h3-6,14,17,19H,7-13H2,1-2H3;1H. The molecule has 0 bridgehead atoms. The van der Waals surface area contributed by atoms with Crippen molar-refractivity contribution in [3.63, 3.8) is 0 Å². The van der Waals surface area contributed by atoms with Crippen LogP contribution in [-0.4, -0.2) is 61.0 Å². The van der Waals surface area contributed by atoms with Crippen LogP contribution in [0, 0.1) is 0 Å². The lowest BCUT2D eigenvalue weighted by atomic mass is 10.0. The van der Waals surface area contributed by atoms with Gasteiger partial charge in [0.2, 0.25) is 0 Å². The summed E-state index contributed by atoms with van der Waals surface area (Å²) >= 11 is 0. The van der Waals surface area contributed by atoms with Gasteiger partial charge in [-0.25, -0.2) is 0 Å². The van der Waals surface area contributed by atoms with Crippen LogP contribution in [0.3, 0.4) is 0 Å². The Hall–Kier alpha value is -1.10. The molecule has 128 valence electrons. The van der Waals surface area contributed by atoms with Crippen LogP contribution in [-0.2, 0) is 0 Å². The third kappa shape index (κ3) is 4.25. The Bertz CT molecular complexity index is 512. The van der Waals surface area contributed by atoms with Crippen molar-refractivity contribution in [1.82, 2.24) is 15.1 Å². The molecule has 1 aromatic carbocycles. The zero-order valence-electron chi connectivity index (χ0n) is 14.1. The highest BCUT2D eigenvalue weighted by molar-refractivity contribution is 5.94. The highest BCUT2D eigenvalue weighted by Crippen LogP contribution is 2.20. The summed E-state index contributed by atoms with van der Waals surface area (Å²) in [6.45, 7) is 10.5. The van der Waals surface area contributed by atoms with Gasteiger partial charge in [-0.05, 0) is 30.0 Å². The summed E-state index contributed by atoms with van der Waals surface area (Å²) in [6.07, 6.45) is 1.11. The predicted molar refractivity (Wildman–Crippen MR) is 96.5 cm³/mol. The number of nitrogens with zero attached hydrogens (tertiary/aromatic N) is 2. The second-order valence-electron chi connectivity index (χ2n) is 6.76. The first-order valence-corrected chi connectivity index (χ1v) is 8.49. The van der Waals surface area contributed by atoms with Crippen LogP contribution in [0.2, 0.25) is 0 Å². The molecule has 2 aliphatic rings. The number of rotatable bonds is 3. The van der Waals surface area contributed by atoms with Crippen LogP contribution in [0.15, 0.2) is 24.3 Å². The Labute approximate surface area is 145 Å². The minimum absolute atomic E-state index is 0. The molecule has 2 saturated heterocycles. The molecule has 0 saturated carbocycles. The average molecular weight is 338 g/mol. The van der Waals surface area contributed by atoms with Gasteiger partial charge in [0.1, 0.15) is 0 Å².